The molecule has 174 valence electrons. The maximum Gasteiger partial charge on any atom is 0.196 e. The number of likely N-dealkylation sites (tertiary alicyclic amines) is 1. The molecule has 0 saturated carbocycles. The van der Waals surface area contributed by atoms with Crippen LogP contribution in [0.4, 0.5) is 4.39 Å². The molecule has 1 fully saturated rings. The number of nitrogens with one attached hydrogen (secondary N) is 1. The van der Waals surface area contributed by atoms with Gasteiger partial charge < -0.3 is 4.98 Å². The highest BCUT2D eigenvalue weighted by atomic mass is 32.2. The monoisotopic (exact) mass is 469 g/mol. The SMILES string of the molecule is CC(=O)c1c(C)[nH]c(C(=O)CSc2nnc(CN3CCCCC3)n2-c2ccc(F)cc2)c1C. The standard InChI is InChI=1S/C24H28FN5O2S/c1-15-22(17(3)31)16(2)26-23(15)20(32)14-33-24-28-27-21(13-29-11-5-4-6-12-29)30(24)19-9-7-18(25)8-10-19/h7-10,26H,4-6,11-14H2,1-3H3. The first-order valence-electron chi connectivity index (χ1n) is 11.1. The first-order chi connectivity index (χ1) is 15.8. The molecule has 0 bridgehead atoms. The molecule has 0 atom stereocenters. The molecule has 1 N–H and O–H groups in total. The highest BCUT2D eigenvalue weighted by Crippen LogP contribution is 2.26. The van der Waals surface area contributed by atoms with E-state index in [1.54, 1.807) is 26.0 Å². The highest BCUT2D eigenvalue weighted by Gasteiger charge is 2.23. The number of aromatic nitrogens is 4. The van der Waals surface area contributed by atoms with Gasteiger partial charge in [0.2, 0.25) is 0 Å². The second kappa shape index (κ2) is 10.0. The Morgan fingerprint density at radius 3 is 2.42 bits per heavy atom. The first-order valence-corrected chi connectivity index (χ1v) is 12.1. The number of hydrogen-bond acceptors (Lipinski definition) is 6. The van der Waals surface area contributed by atoms with Crippen LogP contribution in [0.2, 0.25) is 0 Å². The van der Waals surface area contributed by atoms with Crippen LogP contribution >= 0.6 is 11.8 Å². The fourth-order valence-corrected chi connectivity index (χ4v) is 5.27. The Hall–Kier alpha value is -2.78. The number of H-pyrrole nitrogens is 1. The number of Topliss-reactive ketones (excluding diaryl/α,β-unsaturated/α-hetero) is 2. The topological polar surface area (TPSA) is 83.9 Å². The van der Waals surface area contributed by atoms with Crippen molar-refractivity contribution in [3.05, 3.63) is 58.4 Å². The predicted molar refractivity (Wildman–Crippen MR) is 126 cm³/mol. The Morgan fingerprint density at radius 1 is 1.09 bits per heavy atom. The minimum Gasteiger partial charge on any atom is -0.355 e. The van der Waals surface area contributed by atoms with Gasteiger partial charge in [0.25, 0.3) is 0 Å². The zero-order chi connectivity index (χ0) is 23.5. The number of thioether (sulfide) groups is 1. The lowest BCUT2D eigenvalue weighted by atomic mass is 10.1. The van der Waals surface area contributed by atoms with E-state index < -0.39 is 0 Å². The molecule has 2 aromatic heterocycles. The molecule has 1 saturated heterocycles. The molecule has 0 amide bonds. The zero-order valence-electron chi connectivity index (χ0n) is 19.2. The molecule has 1 aliphatic rings. The summed E-state index contributed by atoms with van der Waals surface area (Å²) in [5.74, 6) is 0.420. The van der Waals surface area contributed by atoms with Gasteiger partial charge in [0.1, 0.15) is 5.82 Å². The molecule has 33 heavy (non-hydrogen) atoms. The average Bonchev–Trinajstić information content (AvgIpc) is 3.33. The van der Waals surface area contributed by atoms with Gasteiger partial charge in [0.05, 0.1) is 18.0 Å². The van der Waals surface area contributed by atoms with Gasteiger partial charge in [-0.15, -0.1) is 10.2 Å². The third-order valence-corrected chi connectivity index (χ3v) is 6.93. The maximum atomic E-state index is 13.5. The zero-order valence-corrected chi connectivity index (χ0v) is 20.0. The summed E-state index contributed by atoms with van der Waals surface area (Å²) in [4.78, 5) is 30.3. The van der Waals surface area contributed by atoms with E-state index in [0.717, 1.165) is 37.4 Å². The molecule has 7 nitrogen and oxygen atoms in total. The molecular weight excluding hydrogens is 441 g/mol. The van der Waals surface area contributed by atoms with Crippen molar-refractivity contribution in [1.82, 2.24) is 24.6 Å². The molecule has 0 unspecified atom stereocenters. The van der Waals surface area contributed by atoms with Crippen LogP contribution in [0, 0.1) is 19.7 Å². The van der Waals surface area contributed by atoms with Crippen LogP contribution in [0.1, 0.15) is 64.1 Å². The van der Waals surface area contributed by atoms with Gasteiger partial charge in [0.15, 0.2) is 22.5 Å². The lowest BCUT2D eigenvalue weighted by molar-refractivity contribution is 0.101. The van der Waals surface area contributed by atoms with E-state index in [1.165, 1.54) is 37.2 Å². The van der Waals surface area contributed by atoms with Crippen LogP contribution in [0.15, 0.2) is 29.4 Å². The van der Waals surface area contributed by atoms with E-state index in [1.807, 2.05) is 4.57 Å². The number of piperidine rings is 1. The fraction of sp³-hybridized carbons (Fsp3) is 0.417. The van der Waals surface area contributed by atoms with Gasteiger partial charge in [-0.25, -0.2) is 4.39 Å². The van der Waals surface area contributed by atoms with Crippen molar-refractivity contribution < 1.29 is 14.0 Å². The number of nitrogens with zero attached hydrogens (tertiary/aromatic N) is 4. The lowest BCUT2D eigenvalue weighted by Crippen LogP contribution is -2.30. The molecule has 3 aromatic rings. The number of carbonyl (C=O) groups is 2. The summed E-state index contributed by atoms with van der Waals surface area (Å²) in [6.45, 7) is 7.76. The van der Waals surface area contributed by atoms with E-state index >= 15 is 0 Å². The highest BCUT2D eigenvalue weighted by molar-refractivity contribution is 7.99. The minimum absolute atomic E-state index is 0.0636. The van der Waals surface area contributed by atoms with Gasteiger partial charge in [-0.3, -0.25) is 19.1 Å². The smallest absolute Gasteiger partial charge is 0.196 e. The summed E-state index contributed by atoms with van der Waals surface area (Å²) >= 11 is 1.29. The second-order valence-corrected chi connectivity index (χ2v) is 9.38. The Kier molecular flexibility index (Phi) is 7.09. The van der Waals surface area contributed by atoms with Crippen molar-refractivity contribution in [3.8, 4) is 5.69 Å². The molecule has 0 spiro atoms. The lowest BCUT2D eigenvalue weighted by Gasteiger charge is -2.26. The van der Waals surface area contributed by atoms with E-state index in [2.05, 4.69) is 20.1 Å². The van der Waals surface area contributed by atoms with E-state index in [9.17, 15) is 14.0 Å². The molecule has 1 aromatic carbocycles. The van der Waals surface area contributed by atoms with Crippen molar-refractivity contribution in [2.45, 2.75) is 51.7 Å². The van der Waals surface area contributed by atoms with Crippen LogP contribution in [-0.4, -0.2) is 55.1 Å². The molecule has 0 aliphatic carbocycles. The van der Waals surface area contributed by atoms with Crippen LogP contribution in [-0.2, 0) is 6.54 Å². The Morgan fingerprint density at radius 2 is 1.79 bits per heavy atom. The quantitative estimate of drug-likeness (QED) is 0.386. The summed E-state index contributed by atoms with van der Waals surface area (Å²) in [7, 11) is 0. The van der Waals surface area contributed by atoms with Gasteiger partial charge in [-0.05, 0) is 76.5 Å². The summed E-state index contributed by atoms with van der Waals surface area (Å²) in [6, 6.07) is 6.21. The first kappa shape index (κ1) is 23.4. The third kappa shape index (κ3) is 5.09. The van der Waals surface area contributed by atoms with Gasteiger partial charge in [0, 0.05) is 16.9 Å². The number of ketones is 2. The number of carbonyl (C=O) groups excluding carboxylic acids is 2. The largest absolute Gasteiger partial charge is 0.355 e. The van der Waals surface area contributed by atoms with Crippen molar-refractivity contribution in [2.75, 3.05) is 18.8 Å². The minimum atomic E-state index is -0.312. The number of hydrogen-bond donors (Lipinski definition) is 1. The number of benzene rings is 1. The predicted octanol–water partition coefficient (Wildman–Crippen LogP) is 4.51. The van der Waals surface area contributed by atoms with Crippen molar-refractivity contribution in [1.29, 1.82) is 0 Å². The second-order valence-electron chi connectivity index (χ2n) is 8.44. The molecule has 9 heteroatoms. The number of halogens is 1. The summed E-state index contributed by atoms with van der Waals surface area (Å²) in [6.07, 6.45) is 3.57. The molecular formula is C24H28FN5O2S. The maximum absolute atomic E-state index is 13.5. The Balaban J connectivity index is 1.58. The van der Waals surface area contributed by atoms with Crippen LogP contribution in [0.3, 0.4) is 0 Å². The van der Waals surface area contributed by atoms with Gasteiger partial charge in [-0.1, -0.05) is 18.2 Å². The Labute approximate surface area is 196 Å². The molecule has 0 radical (unpaired) electrons. The average molecular weight is 470 g/mol. The molecule has 4 rings (SSSR count). The van der Waals surface area contributed by atoms with Crippen molar-refractivity contribution in [3.63, 3.8) is 0 Å². The molecule has 1 aliphatic heterocycles. The van der Waals surface area contributed by atoms with Crippen LogP contribution in [0.25, 0.3) is 5.69 Å². The number of aryl methyl sites for hydroxylation is 1. The Bertz CT molecular complexity index is 1160. The summed E-state index contributed by atoms with van der Waals surface area (Å²) in [5, 5.41) is 9.35. The van der Waals surface area contributed by atoms with Gasteiger partial charge in [-0.2, -0.15) is 0 Å². The molecule has 3 heterocycles. The van der Waals surface area contributed by atoms with Gasteiger partial charge >= 0.3 is 0 Å². The van der Waals surface area contributed by atoms with E-state index in [0.29, 0.717) is 34.2 Å². The number of aromatic amines is 1. The fourth-order valence-electron chi connectivity index (χ4n) is 4.42. The van der Waals surface area contributed by atoms with Crippen LogP contribution in [0.5, 0.6) is 0 Å². The third-order valence-electron chi connectivity index (χ3n) is 6.00. The van der Waals surface area contributed by atoms with Crippen molar-refractivity contribution >= 4 is 23.3 Å². The summed E-state index contributed by atoms with van der Waals surface area (Å²) < 4.78 is 15.4. The van der Waals surface area contributed by atoms with E-state index in [-0.39, 0.29) is 23.1 Å². The summed E-state index contributed by atoms with van der Waals surface area (Å²) in [5.41, 5.74) is 3.16. The number of rotatable bonds is 8. The normalized spacial score (nSPS) is 14.5. The van der Waals surface area contributed by atoms with E-state index in [4.69, 9.17) is 0 Å². The van der Waals surface area contributed by atoms with Crippen LogP contribution < -0.4 is 0 Å². The van der Waals surface area contributed by atoms with Crippen molar-refractivity contribution in [2.24, 2.45) is 0 Å².